The molecular formula is C14H17BrO2S. The molecule has 18 heavy (non-hydrogen) atoms. The van der Waals surface area contributed by atoms with Crippen LogP contribution in [-0.4, -0.2) is 29.8 Å². The molecule has 1 aromatic rings. The molecule has 2 fully saturated rings. The van der Waals surface area contributed by atoms with E-state index in [1.807, 2.05) is 36.0 Å². The maximum atomic E-state index is 6.10. The summed E-state index contributed by atoms with van der Waals surface area (Å²) in [6.45, 7) is 0.833. The summed E-state index contributed by atoms with van der Waals surface area (Å²) in [6.07, 6.45) is 3.51. The van der Waals surface area contributed by atoms with Crippen molar-refractivity contribution >= 4 is 27.7 Å². The SMILES string of the molecule is Brc1cccc(OC2CCOC3(CCSC3)C2)c1. The molecule has 0 aromatic heterocycles. The zero-order valence-electron chi connectivity index (χ0n) is 10.2. The normalized spacial score (nSPS) is 31.7. The molecule has 2 atom stereocenters. The van der Waals surface area contributed by atoms with Gasteiger partial charge in [0.1, 0.15) is 11.9 Å². The van der Waals surface area contributed by atoms with Crippen molar-refractivity contribution < 1.29 is 9.47 Å². The summed E-state index contributed by atoms with van der Waals surface area (Å²) < 4.78 is 13.2. The highest BCUT2D eigenvalue weighted by molar-refractivity contribution is 9.10. The van der Waals surface area contributed by atoms with Gasteiger partial charge in [0.2, 0.25) is 0 Å². The van der Waals surface area contributed by atoms with E-state index in [0.717, 1.165) is 35.4 Å². The summed E-state index contributed by atoms with van der Waals surface area (Å²) >= 11 is 5.48. The third-order valence-corrected chi connectivity index (χ3v) is 5.33. The second-order valence-corrected chi connectivity index (χ2v) is 7.04. The second kappa shape index (κ2) is 5.43. The molecule has 2 saturated heterocycles. The Balaban J connectivity index is 1.66. The summed E-state index contributed by atoms with van der Waals surface area (Å²) in [6, 6.07) is 8.09. The molecule has 2 aliphatic heterocycles. The molecule has 98 valence electrons. The topological polar surface area (TPSA) is 18.5 Å². The van der Waals surface area contributed by atoms with Gasteiger partial charge < -0.3 is 9.47 Å². The van der Waals surface area contributed by atoms with Crippen LogP contribution < -0.4 is 4.74 Å². The van der Waals surface area contributed by atoms with Crippen molar-refractivity contribution in [2.75, 3.05) is 18.1 Å². The number of rotatable bonds is 2. The maximum Gasteiger partial charge on any atom is 0.120 e. The molecule has 0 aliphatic carbocycles. The highest BCUT2D eigenvalue weighted by Gasteiger charge is 2.41. The Morgan fingerprint density at radius 2 is 2.39 bits per heavy atom. The highest BCUT2D eigenvalue weighted by Crippen LogP contribution is 2.39. The smallest absolute Gasteiger partial charge is 0.120 e. The summed E-state index contributed by atoms with van der Waals surface area (Å²) in [4.78, 5) is 0. The van der Waals surface area contributed by atoms with Crippen LogP contribution in [0.2, 0.25) is 0 Å². The Kier molecular flexibility index (Phi) is 3.87. The van der Waals surface area contributed by atoms with Gasteiger partial charge in [-0.15, -0.1) is 0 Å². The van der Waals surface area contributed by atoms with Crippen molar-refractivity contribution in [3.05, 3.63) is 28.7 Å². The van der Waals surface area contributed by atoms with Crippen molar-refractivity contribution in [3.8, 4) is 5.75 Å². The van der Waals surface area contributed by atoms with Crippen LogP contribution >= 0.6 is 27.7 Å². The summed E-state index contributed by atoms with van der Waals surface area (Å²) in [7, 11) is 0. The summed E-state index contributed by atoms with van der Waals surface area (Å²) in [5.74, 6) is 3.31. The van der Waals surface area contributed by atoms with Crippen LogP contribution in [0, 0.1) is 0 Å². The van der Waals surface area contributed by atoms with Gasteiger partial charge in [0.25, 0.3) is 0 Å². The molecule has 1 aromatic carbocycles. The Labute approximate surface area is 121 Å². The minimum Gasteiger partial charge on any atom is -0.490 e. The lowest BCUT2D eigenvalue weighted by molar-refractivity contribution is -0.0959. The van der Waals surface area contributed by atoms with E-state index in [-0.39, 0.29) is 5.60 Å². The average Bonchev–Trinajstić information content (AvgIpc) is 2.77. The number of halogens is 1. The van der Waals surface area contributed by atoms with E-state index >= 15 is 0 Å². The van der Waals surface area contributed by atoms with Crippen LogP contribution in [0.1, 0.15) is 19.3 Å². The number of ether oxygens (including phenoxy) is 2. The fourth-order valence-corrected chi connectivity index (χ4v) is 4.44. The van der Waals surface area contributed by atoms with E-state index in [1.54, 1.807) is 0 Å². The zero-order chi connectivity index (χ0) is 12.4. The van der Waals surface area contributed by atoms with Gasteiger partial charge in [0, 0.05) is 23.1 Å². The molecule has 2 nitrogen and oxygen atoms in total. The van der Waals surface area contributed by atoms with Gasteiger partial charge >= 0.3 is 0 Å². The Bertz CT molecular complexity index is 418. The van der Waals surface area contributed by atoms with Crippen molar-refractivity contribution in [1.82, 2.24) is 0 Å². The molecule has 3 rings (SSSR count). The van der Waals surface area contributed by atoms with E-state index in [0.29, 0.717) is 6.10 Å². The first kappa shape index (κ1) is 12.8. The lowest BCUT2D eigenvalue weighted by Gasteiger charge is -2.37. The molecule has 0 saturated carbocycles. The number of thioether (sulfide) groups is 1. The minimum absolute atomic E-state index is 0.0968. The third-order valence-electron chi connectivity index (χ3n) is 3.61. The third kappa shape index (κ3) is 2.86. The van der Waals surface area contributed by atoms with Gasteiger partial charge in [-0.1, -0.05) is 22.0 Å². The summed E-state index contributed by atoms with van der Waals surface area (Å²) in [5, 5.41) is 0. The van der Waals surface area contributed by atoms with E-state index < -0.39 is 0 Å². The summed E-state index contributed by atoms with van der Waals surface area (Å²) in [5.41, 5.74) is 0.0968. The van der Waals surface area contributed by atoms with Crippen LogP contribution in [0.15, 0.2) is 28.7 Å². The van der Waals surface area contributed by atoms with Crippen molar-refractivity contribution in [3.63, 3.8) is 0 Å². The van der Waals surface area contributed by atoms with Gasteiger partial charge in [-0.2, -0.15) is 11.8 Å². The van der Waals surface area contributed by atoms with Crippen LogP contribution in [0.5, 0.6) is 5.75 Å². The number of benzene rings is 1. The molecular weight excluding hydrogens is 312 g/mol. The molecule has 0 bridgehead atoms. The predicted octanol–water partition coefficient (Wildman–Crippen LogP) is 3.88. The molecule has 2 unspecified atom stereocenters. The van der Waals surface area contributed by atoms with Crippen LogP contribution in [-0.2, 0) is 4.74 Å². The standard InChI is InChI=1S/C14H17BrO2S/c15-11-2-1-3-12(8-11)17-13-4-6-16-14(9-13)5-7-18-10-14/h1-3,8,13H,4-7,9-10H2. The Morgan fingerprint density at radius 3 is 3.17 bits per heavy atom. The molecule has 4 heteroatoms. The van der Waals surface area contributed by atoms with Crippen molar-refractivity contribution in [1.29, 1.82) is 0 Å². The molecule has 0 N–H and O–H groups in total. The predicted molar refractivity (Wildman–Crippen MR) is 78.4 cm³/mol. The van der Waals surface area contributed by atoms with E-state index in [9.17, 15) is 0 Å². The molecule has 0 amide bonds. The Hall–Kier alpha value is -0.190. The Morgan fingerprint density at radius 1 is 1.44 bits per heavy atom. The van der Waals surface area contributed by atoms with Crippen LogP contribution in [0.4, 0.5) is 0 Å². The van der Waals surface area contributed by atoms with Gasteiger partial charge in [0.15, 0.2) is 0 Å². The molecule has 0 radical (unpaired) electrons. The van der Waals surface area contributed by atoms with Gasteiger partial charge in [-0.25, -0.2) is 0 Å². The first-order chi connectivity index (χ1) is 8.76. The first-order valence-corrected chi connectivity index (χ1v) is 8.35. The van der Waals surface area contributed by atoms with E-state index in [1.165, 1.54) is 12.2 Å². The second-order valence-electron chi connectivity index (χ2n) is 5.02. The van der Waals surface area contributed by atoms with E-state index in [4.69, 9.17) is 9.47 Å². The van der Waals surface area contributed by atoms with Crippen LogP contribution in [0.3, 0.4) is 0 Å². The quantitative estimate of drug-likeness (QED) is 0.820. The fraction of sp³-hybridized carbons (Fsp3) is 0.571. The van der Waals surface area contributed by atoms with E-state index in [2.05, 4.69) is 15.9 Å². The fourth-order valence-electron chi connectivity index (χ4n) is 2.68. The average molecular weight is 329 g/mol. The lowest BCUT2D eigenvalue weighted by atomic mass is 9.91. The maximum absolute atomic E-state index is 6.10. The lowest BCUT2D eigenvalue weighted by Crippen LogP contribution is -2.43. The molecule has 1 spiro atoms. The zero-order valence-corrected chi connectivity index (χ0v) is 12.6. The molecule has 2 aliphatic rings. The monoisotopic (exact) mass is 328 g/mol. The first-order valence-electron chi connectivity index (χ1n) is 6.40. The van der Waals surface area contributed by atoms with Gasteiger partial charge in [-0.05, 0) is 30.4 Å². The van der Waals surface area contributed by atoms with Crippen molar-refractivity contribution in [2.24, 2.45) is 0 Å². The largest absolute Gasteiger partial charge is 0.490 e. The minimum atomic E-state index is 0.0968. The highest BCUT2D eigenvalue weighted by atomic mass is 79.9. The molecule has 2 heterocycles. The van der Waals surface area contributed by atoms with Gasteiger partial charge in [0.05, 0.1) is 12.2 Å². The van der Waals surface area contributed by atoms with Crippen molar-refractivity contribution in [2.45, 2.75) is 31.0 Å². The van der Waals surface area contributed by atoms with Crippen LogP contribution in [0.25, 0.3) is 0 Å². The van der Waals surface area contributed by atoms with Gasteiger partial charge in [-0.3, -0.25) is 0 Å². The number of hydrogen-bond donors (Lipinski definition) is 0. The number of hydrogen-bond acceptors (Lipinski definition) is 3.